The Balaban J connectivity index is 1.74. The molecule has 0 spiro atoms. The molecule has 0 N–H and O–H groups in total. The Morgan fingerprint density at radius 1 is 0.513 bits per heavy atom. The van der Waals surface area contributed by atoms with Gasteiger partial charge in [-0.15, -0.1) is 0 Å². The predicted molar refractivity (Wildman–Crippen MR) is 149 cm³/mol. The van der Waals surface area contributed by atoms with Gasteiger partial charge in [0.25, 0.3) is 10.1 Å². The van der Waals surface area contributed by atoms with Crippen LogP contribution in [0.4, 0.5) is 0 Å². The van der Waals surface area contributed by atoms with Gasteiger partial charge in [-0.2, -0.15) is 8.42 Å². The second-order valence-corrected chi connectivity index (χ2v) is 15.5. The number of hydrogen-bond acceptors (Lipinski definition) is 11. The number of rotatable bonds is 27. The molecule has 1 aromatic carbocycles. The fourth-order valence-electron chi connectivity index (χ4n) is 2.80. The zero-order valence-corrected chi connectivity index (χ0v) is 25.8. The smallest absolute Gasteiger partial charge is 0.297 e. The SMILES string of the molecule is Cc1ccc(S(=O)(=O)OCCOCCOCCOCCOCCOCCOCCOCCO[Si](C)(C)C)cc1. The summed E-state index contributed by atoms with van der Waals surface area (Å²) in [5, 5.41) is 0. The van der Waals surface area contributed by atoms with E-state index in [0.717, 1.165) is 5.56 Å². The summed E-state index contributed by atoms with van der Waals surface area (Å²) in [4.78, 5) is 0.133. The van der Waals surface area contributed by atoms with E-state index in [2.05, 4.69) is 19.6 Å². The molecule has 1 aromatic rings. The summed E-state index contributed by atoms with van der Waals surface area (Å²) in [5.41, 5.74) is 0.979. The van der Waals surface area contributed by atoms with Gasteiger partial charge in [-0.3, -0.25) is 4.18 Å². The lowest BCUT2D eigenvalue weighted by atomic mass is 10.2. The Labute approximate surface area is 235 Å². The standard InChI is InChI=1S/C26H48O11SSi/c1-25-5-7-26(8-6-25)38(27,28)36-23-21-34-19-17-32-15-13-30-11-9-29-10-12-31-14-16-33-18-20-35-22-24-37-39(2,3)4/h5-8H,9-24H2,1-4H3. The van der Waals surface area contributed by atoms with Crippen molar-refractivity contribution in [3.05, 3.63) is 29.8 Å². The van der Waals surface area contributed by atoms with Crippen LogP contribution in [0, 0.1) is 6.92 Å². The lowest BCUT2D eigenvalue weighted by Crippen LogP contribution is -2.27. The summed E-state index contributed by atoms with van der Waals surface area (Å²) in [6.45, 7) is 15.4. The Morgan fingerprint density at radius 2 is 0.821 bits per heavy atom. The van der Waals surface area contributed by atoms with E-state index >= 15 is 0 Å². The molecule has 13 heteroatoms. The van der Waals surface area contributed by atoms with E-state index in [9.17, 15) is 8.42 Å². The van der Waals surface area contributed by atoms with Crippen LogP contribution in [0.25, 0.3) is 0 Å². The monoisotopic (exact) mass is 596 g/mol. The van der Waals surface area contributed by atoms with Crippen molar-refractivity contribution in [2.75, 3.05) is 106 Å². The lowest BCUT2D eigenvalue weighted by molar-refractivity contribution is -0.0219. The molecule has 228 valence electrons. The molecule has 39 heavy (non-hydrogen) atoms. The highest BCUT2D eigenvalue weighted by molar-refractivity contribution is 7.86. The molecule has 0 unspecified atom stereocenters. The summed E-state index contributed by atoms with van der Waals surface area (Å²) in [7, 11) is -5.22. The second-order valence-electron chi connectivity index (χ2n) is 9.34. The number of aryl methyl sites for hydroxylation is 1. The Bertz CT molecular complexity index is 801. The second kappa shape index (κ2) is 22.7. The highest BCUT2D eigenvalue weighted by atomic mass is 32.2. The van der Waals surface area contributed by atoms with Gasteiger partial charge < -0.3 is 37.6 Å². The van der Waals surface area contributed by atoms with Crippen LogP contribution in [-0.2, 0) is 51.9 Å². The van der Waals surface area contributed by atoms with Crippen LogP contribution in [0.1, 0.15) is 5.56 Å². The molecule has 0 aliphatic rings. The maximum absolute atomic E-state index is 12.0. The van der Waals surface area contributed by atoms with Gasteiger partial charge in [0.1, 0.15) is 0 Å². The largest absolute Gasteiger partial charge is 0.415 e. The third-order valence-corrected chi connectivity index (χ3v) is 7.17. The van der Waals surface area contributed by atoms with E-state index in [1.165, 1.54) is 12.1 Å². The molecule has 0 saturated carbocycles. The first-order valence-corrected chi connectivity index (χ1v) is 18.2. The molecular weight excluding hydrogens is 548 g/mol. The van der Waals surface area contributed by atoms with Crippen molar-refractivity contribution in [3.8, 4) is 0 Å². The van der Waals surface area contributed by atoms with E-state index in [-0.39, 0.29) is 18.1 Å². The lowest BCUT2D eigenvalue weighted by Gasteiger charge is -2.16. The van der Waals surface area contributed by atoms with Gasteiger partial charge in [0, 0.05) is 0 Å². The first-order valence-electron chi connectivity index (χ1n) is 13.3. The maximum atomic E-state index is 12.0. The fourth-order valence-corrected chi connectivity index (χ4v) is 4.39. The van der Waals surface area contributed by atoms with Crippen LogP contribution in [0.3, 0.4) is 0 Å². The van der Waals surface area contributed by atoms with Crippen LogP contribution in [0.5, 0.6) is 0 Å². The molecule has 0 heterocycles. The van der Waals surface area contributed by atoms with Crippen LogP contribution in [0.2, 0.25) is 19.6 Å². The minimum Gasteiger partial charge on any atom is -0.415 e. The number of hydrogen-bond donors (Lipinski definition) is 0. The van der Waals surface area contributed by atoms with E-state index in [1.807, 2.05) is 6.92 Å². The molecule has 1 rings (SSSR count). The van der Waals surface area contributed by atoms with Gasteiger partial charge in [-0.1, -0.05) is 17.7 Å². The molecular formula is C26H48O11SSi. The van der Waals surface area contributed by atoms with Gasteiger partial charge in [0.05, 0.1) is 111 Å². The van der Waals surface area contributed by atoms with Gasteiger partial charge in [0.2, 0.25) is 0 Å². The average molecular weight is 597 g/mol. The molecule has 0 aromatic heterocycles. The predicted octanol–water partition coefficient (Wildman–Crippen LogP) is 2.67. The Kier molecular flexibility index (Phi) is 21.0. The van der Waals surface area contributed by atoms with Crippen molar-refractivity contribution in [2.45, 2.75) is 31.5 Å². The van der Waals surface area contributed by atoms with Crippen molar-refractivity contribution >= 4 is 18.4 Å². The minimum absolute atomic E-state index is 0.0525. The van der Waals surface area contributed by atoms with Crippen LogP contribution >= 0.6 is 0 Å². The third kappa shape index (κ3) is 22.4. The van der Waals surface area contributed by atoms with E-state index in [4.69, 9.17) is 41.8 Å². The van der Waals surface area contributed by atoms with Gasteiger partial charge >= 0.3 is 0 Å². The molecule has 0 atom stereocenters. The Hall–Kier alpha value is -0.973. The van der Waals surface area contributed by atoms with Crippen molar-refractivity contribution in [2.24, 2.45) is 0 Å². The first kappa shape index (κ1) is 36.1. The zero-order chi connectivity index (χ0) is 28.7. The minimum atomic E-state index is -3.76. The topological polar surface area (TPSA) is 117 Å². The summed E-state index contributed by atoms with van der Waals surface area (Å²) in [6, 6.07) is 6.49. The number of benzene rings is 1. The van der Waals surface area contributed by atoms with Gasteiger partial charge in [0.15, 0.2) is 8.32 Å². The van der Waals surface area contributed by atoms with Crippen LogP contribution < -0.4 is 0 Å². The molecule has 0 bridgehead atoms. The van der Waals surface area contributed by atoms with Crippen LogP contribution in [-0.4, -0.2) is 122 Å². The quantitative estimate of drug-likeness (QED) is 0.0848. The molecule has 11 nitrogen and oxygen atoms in total. The highest BCUT2D eigenvalue weighted by Gasteiger charge is 2.14. The van der Waals surface area contributed by atoms with E-state index in [1.54, 1.807) is 12.1 Å². The summed E-state index contributed by atoms with van der Waals surface area (Å²) in [5.74, 6) is 0. The molecule has 0 amide bonds. The van der Waals surface area contributed by atoms with Crippen molar-refractivity contribution < 1.29 is 50.2 Å². The first-order chi connectivity index (χ1) is 18.7. The summed E-state index contributed by atoms with van der Waals surface area (Å²) in [6.07, 6.45) is 0. The van der Waals surface area contributed by atoms with Crippen molar-refractivity contribution in [1.29, 1.82) is 0 Å². The van der Waals surface area contributed by atoms with Gasteiger partial charge in [-0.05, 0) is 38.7 Å². The molecule has 0 saturated heterocycles. The number of ether oxygens (including phenoxy) is 7. The summed E-state index contributed by atoms with van der Waals surface area (Å²) < 4.78 is 72.7. The maximum Gasteiger partial charge on any atom is 0.297 e. The fraction of sp³-hybridized carbons (Fsp3) is 0.769. The molecule has 0 aliphatic heterocycles. The zero-order valence-electron chi connectivity index (χ0n) is 24.0. The van der Waals surface area contributed by atoms with E-state index < -0.39 is 18.4 Å². The van der Waals surface area contributed by atoms with Crippen molar-refractivity contribution in [3.63, 3.8) is 0 Å². The molecule has 0 radical (unpaired) electrons. The molecule has 0 aliphatic carbocycles. The highest BCUT2D eigenvalue weighted by Crippen LogP contribution is 2.12. The van der Waals surface area contributed by atoms with Gasteiger partial charge in [-0.25, -0.2) is 0 Å². The average Bonchev–Trinajstić information content (AvgIpc) is 2.88. The third-order valence-electron chi connectivity index (χ3n) is 4.77. The normalized spacial score (nSPS) is 12.3. The Morgan fingerprint density at radius 3 is 1.15 bits per heavy atom. The van der Waals surface area contributed by atoms with Crippen molar-refractivity contribution in [1.82, 2.24) is 0 Å². The van der Waals surface area contributed by atoms with Crippen LogP contribution in [0.15, 0.2) is 29.2 Å². The van der Waals surface area contributed by atoms with E-state index in [0.29, 0.717) is 92.5 Å². The molecule has 0 fully saturated rings. The summed E-state index contributed by atoms with van der Waals surface area (Å²) >= 11 is 0.